The lowest BCUT2D eigenvalue weighted by atomic mass is 10.1. The van der Waals surface area contributed by atoms with Gasteiger partial charge in [0.2, 0.25) is 11.8 Å². The number of thioether (sulfide) groups is 1. The van der Waals surface area contributed by atoms with Crippen LogP contribution in [0.4, 0.5) is 0 Å². The molecule has 1 aromatic rings. The van der Waals surface area contributed by atoms with Crippen LogP contribution in [0.2, 0.25) is 0 Å². The highest BCUT2D eigenvalue weighted by atomic mass is 32.2. The molecule has 0 N–H and O–H groups in total. The predicted molar refractivity (Wildman–Crippen MR) is 113 cm³/mol. The number of benzene rings is 1. The molecule has 1 aliphatic carbocycles. The van der Waals surface area contributed by atoms with E-state index in [1.807, 2.05) is 4.90 Å². The number of amides is 2. The van der Waals surface area contributed by atoms with E-state index in [9.17, 15) is 9.59 Å². The molecule has 6 heteroatoms. The van der Waals surface area contributed by atoms with Gasteiger partial charge in [-0.25, -0.2) is 0 Å². The number of aryl methyl sites for hydroxylation is 1. The second-order valence-corrected chi connectivity index (χ2v) is 9.56. The van der Waals surface area contributed by atoms with Crippen molar-refractivity contribution in [1.82, 2.24) is 14.7 Å². The number of rotatable bonds is 6. The number of hydrogen-bond donors (Lipinski definition) is 0. The van der Waals surface area contributed by atoms with Gasteiger partial charge in [0, 0.05) is 45.2 Å². The van der Waals surface area contributed by atoms with E-state index < -0.39 is 0 Å². The molecule has 5 nitrogen and oxygen atoms in total. The van der Waals surface area contributed by atoms with Crippen molar-refractivity contribution >= 4 is 23.6 Å². The Labute approximate surface area is 172 Å². The van der Waals surface area contributed by atoms with E-state index in [1.54, 1.807) is 11.8 Å². The first-order valence-electron chi connectivity index (χ1n) is 10.6. The van der Waals surface area contributed by atoms with Crippen LogP contribution in [0.25, 0.3) is 0 Å². The highest BCUT2D eigenvalue weighted by molar-refractivity contribution is 8.01. The van der Waals surface area contributed by atoms with Crippen molar-refractivity contribution in [3.63, 3.8) is 0 Å². The lowest BCUT2D eigenvalue weighted by Gasteiger charge is -2.36. The highest BCUT2D eigenvalue weighted by Crippen LogP contribution is 2.44. The van der Waals surface area contributed by atoms with Crippen LogP contribution < -0.4 is 0 Å². The Balaban J connectivity index is 1.34. The summed E-state index contributed by atoms with van der Waals surface area (Å²) in [6.45, 7) is 9.33. The molecule has 1 aromatic carbocycles. The Hall–Kier alpha value is -1.53. The molecule has 2 heterocycles. The van der Waals surface area contributed by atoms with Gasteiger partial charge in [0.15, 0.2) is 0 Å². The average Bonchev–Trinajstić information content (AvgIpc) is 3.51. The summed E-state index contributed by atoms with van der Waals surface area (Å²) in [7, 11) is 0. The maximum absolute atomic E-state index is 12.9. The summed E-state index contributed by atoms with van der Waals surface area (Å²) in [6, 6.07) is 8.59. The summed E-state index contributed by atoms with van der Waals surface area (Å²) in [4.78, 5) is 31.7. The molecule has 28 heavy (non-hydrogen) atoms. The zero-order valence-corrected chi connectivity index (χ0v) is 17.8. The first-order valence-corrected chi connectivity index (χ1v) is 11.5. The molecule has 2 saturated heterocycles. The van der Waals surface area contributed by atoms with E-state index in [1.165, 1.54) is 11.1 Å². The minimum atomic E-state index is 0.0688. The third-order valence-electron chi connectivity index (χ3n) is 6.14. The van der Waals surface area contributed by atoms with Crippen molar-refractivity contribution in [2.24, 2.45) is 5.92 Å². The SMILES string of the molecule is CC[C@@H]1S[C@H](c2ccc(C)cc2)N(CCN2CCN(C(=O)C3CC3)CC2)C1=O. The summed E-state index contributed by atoms with van der Waals surface area (Å²) < 4.78 is 0. The summed E-state index contributed by atoms with van der Waals surface area (Å²) in [5.74, 6) is 0.948. The number of carbonyl (C=O) groups excluding carboxylic acids is 2. The monoisotopic (exact) mass is 401 g/mol. The summed E-state index contributed by atoms with van der Waals surface area (Å²) >= 11 is 1.79. The van der Waals surface area contributed by atoms with Crippen LogP contribution in [0.1, 0.15) is 42.7 Å². The van der Waals surface area contributed by atoms with E-state index in [0.29, 0.717) is 11.8 Å². The lowest BCUT2D eigenvalue weighted by molar-refractivity contribution is -0.134. The maximum Gasteiger partial charge on any atom is 0.236 e. The Kier molecular flexibility index (Phi) is 5.97. The molecule has 2 atom stereocenters. The Bertz CT molecular complexity index is 711. The minimum Gasteiger partial charge on any atom is -0.340 e. The van der Waals surface area contributed by atoms with Gasteiger partial charge in [-0.2, -0.15) is 0 Å². The van der Waals surface area contributed by atoms with Gasteiger partial charge < -0.3 is 9.80 Å². The molecule has 152 valence electrons. The van der Waals surface area contributed by atoms with Gasteiger partial charge in [-0.05, 0) is 31.7 Å². The van der Waals surface area contributed by atoms with Gasteiger partial charge in [-0.3, -0.25) is 14.5 Å². The Morgan fingerprint density at radius 2 is 1.75 bits per heavy atom. The number of carbonyl (C=O) groups is 2. The van der Waals surface area contributed by atoms with E-state index >= 15 is 0 Å². The quantitative estimate of drug-likeness (QED) is 0.735. The second-order valence-electron chi connectivity index (χ2n) is 8.27. The van der Waals surface area contributed by atoms with Gasteiger partial charge in [0.05, 0.1) is 5.25 Å². The maximum atomic E-state index is 12.9. The largest absolute Gasteiger partial charge is 0.340 e. The van der Waals surface area contributed by atoms with Gasteiger partial charge in [-0.1, -0.05) is 36.8 Å². The first kappa shape index (κ1) is 19.8. The van der Waals surface area contributed by atoms with Gasteiger partial charge in [-0.15, -0.1) is 11.8 Å². The summed E-state index contributed by atoms with van der Waals surface area (Å²) in [5.41, 5.74) is 2.47. The van der Waals surface area contributed by atoms with Gasteiger partial charge in [0.25, 0.3) is 0 Å². The predicted octanol–water partition coefficient (Wildman–Crippen LogP) is 2.90. The van der Waals surface area contributed by atoms with Crippen LogP contribution in [0.15, 0.2) is 24.3 Å². The first-order chi connectivity index (χ1) is 13.6. The highest BCUT2D eigenvalue weighted by Gasteiger charge is 2.40. The molecule has 0 bridgehead atoms. The molecule has 0 radical (unpaired) electrons. The molecule has 2 aliphatic heterocycles. The van der Waals surface area contributed by atoms with Crippen LogP contribution in [-0.2, 0) is 9.59 Å². The van der Waals surface area contributed by atoms with Crippen molar-refractivity contribution < 1.29 is 9.59 Å². The van der Waals surface area contributed by atoms with Crippen LogP contribution in [-0.4, -0.2) is 71.0 Å². The second kappa shape index (κ2) is 8.46. The smallest absolute Gasteiger partial charge is 0.236 e. The van der Waals surface area contributed by atoms with Gasteiger partial charge >= 0.3 is 0 Å². The van der Waals surface area contributed by atoms with Crippen LogP contribution >= 0.6 is 11.8 Å². The molecule has 0 spiro atoms. The van der Waals surface area contributed by atoms with Crippen LogP contribution in [0.3, 0.4) is 0 Å². The van der Waals surface area contributed by atoms with Crippen molar-refractivity contribution in [2.75, 3.05) is 39.3 Å². The summed E-state index contributed by atoms with van der Waals surface area (Å²) in [5, 5.41) is 0.190. The van der Waals surface area contributed by atoms with Crippen LogP contribution in [0.5, 0.6) is 0 Å². The third kappa shape index (κ3) is 4.23. The fraction of sp³-hybridized carbons (Fsp3) is 0.636. The van der Waals surface area contributed by atoms with Crippen molar-refractivity contribution in [1.29, 1.82) is 0 Å². The van der Waals surface area contributed by atoms with E-state index in [4.69, 9.17) is 0 Å². The molecule has 0 unspecified atom stereocenters. The molecule has 4 rings (SSSR count). The fourth-order valence-corrected chi connectivity index (χ4v) is 5.53. The van der Waals surface area contributed by atoms with Crippen molar-refractivity contribution in [3.8, 4) is 0 Å². The zero-order chi connectivity index (χ0) is 19.7. The average molecular weight is 402 g/mol. The molecular formula is C22H31N3O2S. The normalized spacial score (nSPS) is 26.1. The third-order valence-corrected chi connectivity index (χ3v) is 7.78. The number of hydrogen-bond acceptors (Lipinski definition) is 4. The summed E-state index contributed by atoms with van der Waals surface area (Å²) in [6.07, 6.45) is 3.03. The topological polar surface area (TPSA) is 43.9 Å². The van der Waals surface area contributed by atoms with Crippen molar-refractivity contribution in [3.05, 3.63) is 35.4 Å². The molecule has 3 aliphatic rings. The molecule has 3 fully saturated rings. The zero-order valence-electron chi connectivity index (χ0n) is 17.0. The number of piperazine rings is 1. The Morgan fingerprint density at radius 1 is 1.07 bits per heavy atom. The molecular weight excluding hydrogens is 370 g/mol. The van der Waals surface area contributed by atoms with E-state index in [-0.39, 0.29) is 16.5 Å². The minimum absolute atomic E-state index is 0.0688. The Morgan fingerprint density at radius 3 is 2.36 bits per heavy atom. The number of nitrogens with zero attached hydrogens (tertiary/aromatic N) is 3. The van der Waals surface area contributed by atoms with Crippen molar-refractivity contribution in [2.45, 2.75) is 43.7 Å². The lowest BCUT2D eigenvalue weighted by Crippen LogP contribution is -2.51. The molecule has 1 saturated carbocycles. The fourth-order valence-electron chi connectivity index (χ4n) is 4.11. The van der Waals surface area contributed by atoms with E-state index in [2.05, 4.69) is 47.9 Å². The van der Waals surface area contributed by atoms with Crippen LogP contribution in [0, 0.1) is 12.8 Å². The van der Waals surface area contributed by atoms with Gasteiger partial charge in [0.1, 0.15) is 5.37 Å². The standard InChI is InChI=1S/C22H31N3O2S/c1-3-19-21(27)25(22(28-19)18-6-4-16(2)5-7-18)15-12-23-10-13-24(14-11-23)20(26)17-8-9-17/h4-7,17,19,22H,3,8-15H2,1-2H3/t19-,22+/m0/s1. The van der Waals surface area contributed by atoms with E-state index in [0.717, 1.165) is 58.5 Å². The molecule has 0 aromatic heterocycles. The molecule has 2 amide bonds.